The first-order valence-corrected chi connectivity index (χ1v) is 12.8. The molecule has 1 atom stereocenters. The zero-order valence-electron chi connectivity index (χ0n) is 17.0. The fourth-order valence-corrected chi connectivity index (χ4v) is 6.78. The molecule has 3 heterocycles. The SMILES string of the molecule is CN(CCC1CN=C(c2cc3cccc(N(C)S(=O)(=O)c4cccs4)c3[nH]2)S1)C(=O)O. The van der Waals surface area contributed by atoms with Gasteiger partial charge in [0.05, 0.1) is 23.4 Å². The highest BCUT2D eigenvalue weighted by Gasteiger charge is 2.26. The molecule has 4 rings (SSSR count). The van der Waals surface area contributed by atoms with Crippen molar-refractivity contribution in [3.8, 4) is 0 Å². The number of aromatic nitrogens is 1. The number of nitrogens with one attached hydrogen (secondary N) is 1. The van der Waals surface area contributed by atoms with Gasteiger partial charge in [-0.05, 0) is 30.0 Å². The third-order valence-corrected chi connectivity index (χ3v) is 9.58. The Morgan fingerprint density at radius 1 is 1.29 bits per heavy atom. The van der Waals surface area contributed by atoms with Gasteiger partial charge in [-0.25, -0.2) is 13.2 Å². The number of carbonyl (C=O) groups is 1. The van der Waals surface area contributed by atoms with E-state index in [2.05, 4.69) is 9.98 Å². The Morgan fingerprint density at radius 3 is 2.81 bits per heavy atom. The summed E-state index contributed by atoms with van der Waals surface area (Å²) in [5.41, 5.74) is 2.14. The van der Waals surface area contributed by atoms with Gasteiger partial charge in [-0.3, -0.25) is 9.30 Å². The molecular weight excluding hydrogens is 456 g/mol. The Labute approximate surface area is 188 Å². The minimum absolute atomic E-state index is 0.213. The Kier molecular flexibility index (Phi) is 6.00. The predicted octanol–water partition coefficient (Wildman–Crippen LogP) is 3.92. The van der Waals surface area contributed by atoms with Crippen LogP contribution in [0.1, 0.15) is 12.1 Å². The van der Waals surface area contributed by atoms with E-state index in [-0.39, 0.29) is 5.25 Å². The summed E-state index contributed by atoms with van der Waals surface area (Å²) in [6, 6.07) is 10.8. The third kappa shape index (κ3) is 4.30. The Balaban J connectivity index is 1.56. The van der Waals surface area contributed by atoms with Crippen LogP contribution in [0, 0.1) is 0 Å². The van der Waals surface area contributed by atoms with Crippen molar-refractivity contribution in [1.29, 1.82) is 0 Å². The highest BCUT2D eigenvalue weighted by Crippen LogP contribution is 2.34. The summed E-state index contributed by atoms with van der Waals surface area (Å²) in [5.74, 6) is 0. The number of fused-ring (bicyclic) bond motifs is 1. The van der Waals surface area contributed by atoms with Gasteiger partial charge in [0.25, 0.3) is 10.0 Å². The van der Waals surface area contributed by atoms with Gasteiger partial charge in [0.2, 0.25) is 0 Å². The van der Waals surface area contributed by atoms with Crippen LogP contribution in [0.4, 0.5) is 10.5 Å². The maximum Gasteiger partial charge on any atom is 0.407 e. The van der Waals surface area contributed by atoms with Gasteiger partial charge in [-0.15, -0.1) is 11.3 Å². The molecular formula is C20H22N4O4S3. The Morgan fingerprint density at radius 2 is 2.10 bits per heavy atom. The first kappa shape index (κ1) is 21.7. The summed E-state index contributed by atoms with van der Waals surface area (Å²) < 4.78 is 27.5. The second-order valence-electron chi connectivity index (χ2n) is 7.21. The largest absolute Gasteiger partial charge is 0.465 e. The summed E-state index contributed by atoms with van der Waals surface area (Å²) in [6.07, 6.45) is -0.220. The molecule has 0 fully saturated rings. The van der Waals surface area contributed by atoms with E-state index in [1.54, 1.807) is 49.4 Å². The van der Waals surface area contributed by atoms with E-state index in [0.717, 1.165) is 21.6 Å². The number of anilines is 1. The molecule has 2 aromatic heterocycles. The second-order valence-corrected chi connectivity index (χ2v) is 11.6. The van der Waals surface area contributed by atoms with Gasteiger partial charge in [-0.1, -0.05) is 30.0 Å². The summed E-state index contributed by atoms with van der Waals surface area (Å²) in [7, 11) is -0.522. The Bertz CT molecular complexity index is 1230. The van der Waals surface area contributed by atoms with Crippen LogP contribution in [0.15, 0.2) is 51.0 Å². The van der Waals surface area contributed by atoms with E-state index < -0.39 is 16.1 Å². The number of thioether (sulfide) groups is 1. The number of para-hydroxylation sites is 1. The molecule has 11 heteroatoms. The number of benzene rings is 1. The van der Waals surface area contributed by atoms with Gasteiger partial charge in [0.1, 0.15) is 9.25 Å². The second kappa shape index (κ2) is 8.56. The lowest BCUT2D eigenvalue weighted by Crippen LogP contribution is -2.27. The molecule has 3 aromatic rings. The number of aromatic amines is 1. The number of nitrogens with zero attached hydrogens (tertiary/aromatic N) is 3. The molecule has 1 amide bonds. The van der Waals surface area contributed by atoms with Crippen LogP contribution in [0.2, 0.25) is 0 Å². The standard InChI is InChI=1S/C20H22N4O4S3/c1-23(20(25)26)9-8-14-12-21-19(30-14)15-11-13-5-3-6-16(18(13)22-15)24(2)31(27,28)17-7-4-10-29-17/h3-7,10-11,14,22H,8-9,12H2,1-2H3,(H,25,26). The number of sulfonamides is 1. The smallest absolute Gasteiger partial charge is 0.407 e. The normalized spacial score (nSPS) is 16.5. The first-order valence-electron chi connectivity index (χ1n) is 9.57. The van der Waals surface area contributed by atoms with Crippen LogP contribution >= 0.6 is 23.1 Å². The fraction of sp³-hybridized carbons (Fsp3) is 0.300. The lowest BCUT2D eigenvalue weighted by molar-refractivity contribution is 0.155. The van der Waals surface area contributed by atoms with Crippen molar-refractivity contribution in [1.82, 2.24) is 9.88 Å². The van der Waals surface area contributed by atoms with Gasteiger partial charge >= 0.3 is 6.09 Å². The zero-order valence-corrected chi connectivity index (χ0v) is 19.4. The monoisotopic (exact) mass is 478 g/mol. The van der Waals surface area contributed by atoms with E-state index >= 15 is 0 Å². The Hall–Kier alpha value is -2.50. The lowest BCUT2D eigenvalue weighted by Gasteiger charge is -2.19. The van der Waals surface area contributed by atoms with Gasteiger partial charge in [0.15, 0.2) is 0 Å². The average Bonchev–Trinajstić information content (AvgIpc) is 3.50. The molecule has 164 valence electrons. The lowest BCUT2D eigenvalue weighted by atomic mass is 10.2. The van der Waals surface area contributed by atoms with Crippen LogP contribution in [0.3, 0.4) is 0 Å². The molecule has 31 heavy (non-hydrogen) atoms. The summed E-state index contributed by atoms with van der Waals surface area (Å²) in [4.78, 5) is 20.2. The maximum atomic E-state index is 13.0. The molecule has 0 saturated carbocycles. The summed E-state index contributed by atoms with van der Waals surface area (Å²) in [5, 5.41) is 12.7. The number of rotatable bonds is 7. The highest BCUT2D eigenvalue weighted by atomic mass is 32.2. The van der Waals surface area contributed by atoms with Crippen LogP contribution < -0.4 is 4.31 Å². The number of carboxylic acid groups (broad SMARTS) is 1. The third-order valence-electron chi connectivity index (χ3n) is 5.14. The van der Waals surface area contributed by atoms with E-state index in [4.69, 9.17) is 5.11 Å². The molecule has 0 saturated heterocycles. The molecule has 1 aliphatic rings. The molecule has 0 bridgehead atoms. The first-order chi connectivity index (χ1) is 14.8. The van der Waals surface area contributed by atoms with E-state index in [9.17, 15) is 13.2 Å². The fourth-order valence-electron chi connectivity index (χ4n) is 3.34. The van der Waals surface area contributed by atoms with E-state index in [0.29, 0.717) is 29.4 Å². The molecule has 0 aliphatic carbocycles. The van der Waals surface area contributed by atoms with Crippen molar-refractivity contribution >= 4 is 60.8 Å². The average molecular weight is 479 g/mol. The quantitative estimate of drug-likeness (QED) is 0.535. The number of aliphatic imine (C=N–C) groups is 1. The van der Waals surface area contributed by atoms with E-state index in [1.807, 2.05) is 18.2 Å². The van der Waals surface area contributed by atoms with Crippen molar-refractivity contribution in [3.63, 3.8) is 0 Å². The molecule has 1 aliphatic heterocycles. The van der Waals surface area contributed by atoms with Crippen LogP contribution in [0.25, 0.3) is 10.9 Å². The van der Waals surface area contributed by atoms with E-state index in [1.165, 1.54) is 20.5 Å². The number of hydrogen-bond donors (Lipinski definition) is 2. The highest BCUT2D eigenvalue weighted by molar-refractivity contribution is 8.15. The van der Waals surface area contributed by atoms with Gasteiger partial charge in [-0.2, -0.15) is 0 Å². The van der Waals surface area contributed by atoms with Crippen molar-refractivity contribution in [2.75, 3.05) is 31.5 Å². The maximum absolute atomic E-state index is 13.0. The van der Waals surface area contributed by atoms with Crippen LogP contribution in [0.5, 0.6) is 0 Å². The van der Waals surface area contributed by atoms with Gasteiger partial charge in [0, 0.05) is 31.3 Å². The van der Waals surface area contributed by atoms with Crippen LogP contribution in [-0.2, 0) is 10.0 Å². The predicted molar refractivity (Wildman–Crippen MR) is 126 cm³/mol. The van der Waals surface area contributed by atoms with Crippen molar-refractivity contribution in [2.45, 2.75) is 15.9 Å². The molecule has 0 radical (unpaired) electrons. The van der Waals surface area contributed by atoms with Crippen molar-refractivity contribution in [3.05, 3.63) is 47.5 Å². The number of thiophene rings is 1. The minimum Gasteiger partial charge on any atom is -0.465 e. The molecule has 1 unspecified atom stereocenters. The van der Waals surface area contributed by atoms with Crippen molar-refractivity contribution < 1.29 is 18.3 Å². The summed E-state index contributed by atoms with van der Waals surface area (Å²) in [6.45, 7) is 1.08. The minimum atomic E-state index is -3.64. The molecule has 0 spiro atoms. The zero-order chi connectivity index (χ0) is 22.2. The number of hydrogen-bond acceptors (Lipinski definition) is 6. The molecule has 1 aromatic carbocycles. The number of H-pyrrole nitrogens is 1. The van der Waals surface area contributed by atoms with Gasteiger partial charge < -0.3 is 15.0 Å². The summed E-state index contributed by atoms with van der Waals surface area (Å²) >= 11 is 2.81. The number of amides is 1. The van der Waals surface area contributed by atoms with Crippen molar-refractivity contribution in [2.24, 2.45) is 4.99 Å². The molecule has 2 N–H and O–H groups in total. The molecule has 8 nitrogen and oxygen atoms in total. The van der Waals surface area contributed by atoms with Crippen LogP contribution in [-0.4, -0.2) is 67.0 Å². The topological polar surface area (TPSA) is 106 Å².